The number of aliphatic hydroxyl groups is 1. The fraction of sp³-hybridized carbons (Fsp3) is 0.368. The molecule has 49 heavy (non-hydrogen) atoms. The van der Waals surface area contributed by atoms with Gasteiger partial charge in [-0.25, -0.2) is 0 Å². The van der Waals surface area contributed by atoms with Crippen LogP contribution >= 0.6 is 0 Å². The largest absolute Gasteiger partial charge is 0.471 e. The smallest absolute Gasteiger partial charge is 0.392 e. The van der Waals surface area contributed by atoms with Gasteiger partial charge in [-0.1, -0.05) is 72.8 Å². The minimum atomic E-state index is -5.05. The molecule has 0 aromatic heterocycles. The summed E-state index contributed by atoms with van der Waals surface area (Å²) < 4.78 is 52.5. The maximum atomic E-state index is 13.1. The standard InChI is InChI=1S/C38H40F3N3O5/c1-24(28-17-16-26-7-3-4-8-29(26)19-28)43(2)22-32-21-34(27-14-12-25(23-45)13-15-27)49-36(48-32)30-9-5-10-31(20-30)42-35(46)33-11-6-18-44(33)37(47)38(39,40)41/h3-5,7-10,12-17,19-20,24,32-34,36,45H,6,11,18,21-23H2,1-2H3,(H,42,46)/t24-,32+,33+,34-,36-/m1/s1. The van der Waals surface area contributed by atoms with Crippen molar-refractivity contribution in [2.24, 2.45) is 0 Å². The first-order valence-electron chi connectivity index (χ1n) is 16.5. The van der Waals surface area contributed by atoms with Crippen LogP contribution in [0.15, 0.2) is 91.0 Å². The molecule has 0 bridgehead atoms. The van der Waals surface area contributed by atoms with Crippen LogP contribution < -0.4 is 5.32 Å². The molecule has 2 saturated heterocycles. The summed E-state index contributed by atoms with van der Waals surface area (Å²) in [7, 11) is 2.06. The minimum Gasteiger partial charge on any atom is -0.392 e. The van der Waals surface area contributed by atoms with Gasteiger partial charge in [0.1, 0.15) is 6.04 Å². The number of ether oxygens (including phenoxy) is 2. The fourth-order valence-corrected chi connectivity index (χ4v) is 6.67. The number of fused-ring (bicyclic) bond motifs is 1. The first-order valence-corrected chi connectivity index (χ1v) is 16.5. The SMILES string of the molecule is C[C@H](c1ccc2ccccc2c1)N(C)C[C@@H]1C[C@H](c2ccc(CO)cc2)O[C@H](c2cccc(NC(=O)[C@@H]3CCCN3C(=O)C(F)(F)F)c2)O1. The highest BCUT2D eigenvalue weighted by atomic mass is 19.4. The van der Waals surface area contributed by atoms with Crippen LogP contribution in [0.25, 0.3) is 10.8 Å². The fourth-order valence-electron chi connectivity index (χ4n) is 6.67. The van der Waals surface area contributed by atoms with Crippen LogP contribution in [-0.2, 0) is 25.7 Å². The van der Waals surface area contributed by atoms with E-state index in [1.807, 2.05) is 42.5 Å². The van der Waals surface area contributed by atoms with E-state index in [0.717, 1.165) is 11.1 Å². The number of alkyl halides is 3. The zero-order valence-electron chi connectivity index (χ0n) is 27.4. The number of anilines is 1. The van der Waals surface area contributed by atoms with E-state index in [9.17, 15) is 27.9 Å². The molecule has 5 atom stereocenters. The zero-order chi connectivity index (χ0) is 34.7. The molecule has 0 aliphatic carbocycles. The quantitative estimate of drug-likeness (QED) is 0.198. The molecule has 11 heteroatoms. The number of rotatable bonds is 9. The van der Waals surface area contributed by atoms with Gasteiger partial charge in [-0.05, 0) is 72.5 Å². The van der Waals surface area contributed by atoms with Crippen LogP contribution in [0.1, 0.15) is 66.9 Å². The molecule has 2 N–H and O–H groups in total. The topological polar surface area (TPSA) is 91.3 Å². The third-order valence-corrected chi connectivity index (χ3v) is 9.51. The lowest BCUT2D eigenvalue weighted by Gasteiger charge is -2.39. The number of halogens is 3. The van der Waals surface area contributed by atoms with Gasteiger partial charge >= 0.3 is 12.1 Å². The Balaban J connectivity index is 1.20. The number of hydrogen-bond donors (Lipinski definition) is 2. The monoisotopic (exact) mass is 675 g/mol. The van der Waals surface area contributed by atoms with Crippen molar-refractivity contribution in [2.45, 2.75) is 69.6 Å². The lowest BCUT2D eigenvalue weighted by molar-refractivity contribution is -0.253. The Kier molecular flexibility index (Phi) is 10.4. The number of likely N-dealkylation sites (tertiary alicyclic amines) is 1. The van der Waals surface area contributed by atoms with Crippen molar-refractivity contribution in [2.75, 3.05) is 25.5 Å². The molecule has 2 fully saturated rings. The summed E-state index contributed by atoms with van der Waals surface area (Å²) >= 11 is 0. The van der Waals surface area contributed by atoms with E-state index in [1.54, 1.807) is 18.2 Å². The lowest BCUT2D eigenvalue weighted by Crippen LogP contribution is -2.48. The van der Waals surface area contributed by atoms with E-state index in [-0.39, 0.29) is 37.8 Å². The summed E-state index contributed by atoms with van der Waals surface area (Å²) in [6.07, 6.45) is -5.41. The van der Waals surface area contributed by atoms with Crippen LogP contribution in [-0.4, -0.2) is 65.2 Å². The average Bonchev–Trinajstić information content (AvgIpc) is 3.60. The van der Waals surface area contributed by atoms with Gasteiger partial charge < -0.3 is 24.8 Å². The van der Waals surface area contributed by atoms with Gasteiger partial charge in [0.05, 0.1) is 18.8 Å². The Morgan fingerprint density at radius 2 is 1.71 bits per heavy atom. The van der Waals surface area contributed by atoms with Crippen molar-refractivity contribution in [1.29, 1.82) is 0 Å². The van der Waals surface area contributed by atoms with Gasteiger partial charge in [-0.15, -0.1) is 0 Å². The summed E-state index contributed by atoms with van der Waals surface area (Å²) in [6.45, 7) is 2.56. The number of benzene rings is 4. The summed E-state index contributed by atoms with van der Waals surface area (Å²) in [4.78, 5) is 27.9. The zero-order valence-corrected chi connectivity index (χ0v) is 27.4. The molecule has 0 radical (unpaired) electrons. The van der Waals surface area contributed by atoms with E-state index in [2.05, 4.69) is 54.5 Å². The molecule has 4 aromatic rings. The second kappa shape index (κ2) is 14.7. The highest BCUT2D eigenvalue weighted by molar-refractivity contribution is 5.98. The summed E-state index contributed by atoms with van der Waals surface area (Å²) in [6, 6.07) is 28.0. The number of nitrogens with zero attached hydrogens (tertiary/aromatic N) is 2. The number of carbonyl (C=O) groups excluding carboxylic acids is 2. The molecule has 8 nitrogen and oxygen atoms in total. The third-order valence-electron chi connectivity index (χ3n) is 9.51. The normalized spacial score (nSPS) is 22.0. The molecule has 6 rings (SSSR count). The van der Waals surface area contributed by atoms with Crippen molar-refractivity contribution in [1.82, 2.24) is 9.80 Å². The number of hydrogen-bond acceptors (Lipinski definition) is 6. The summed E-state index contributed by atoms with van der Waals surface area (Å²) in [5, 5.41) is 14.6. The van der Waals surface area contributed by atoms with Crippen molar-refractivity contribution >= 4 is 28.3 Å². The van der Waals surface area contributed by atoms with Crippen molar-refractivity contribution in [3.8, 4) is 0 Å². The van der Waals surface area contributed by atoms with E-state index >= 15 is 0 Å². The molecule has 4 aromatic carbocycles. The Morgan fingerprint density at radius 1 is 0.959 bits per heavy atom. The van der Waals surface area contributed by atoms with Crippen LogP contribution in [0.4, 0.5) is 18.9 Å². The van der Waals surface area contributed by atoms with Gasteiger partial charge in [-0.2, -0.15) is 13.2 Å². The molecular formula is C38H40F3N3O5. The molecule has 0 spiro atoms. The third kappa shape index (κ3) is 7.96. The lowest BCUT2D eigenvalue weighted by atomic mass is 9.98. The summed E-state index contributed by atoms with van der Waals surface area (Å²) in [5.74, 6) is -2.69. The molecule has 2 aliphatic heterocycles. The Labute approximate surface area is 283 Å². The van der Waals surface area contributed by atoms with E-state index in [1.165, 1.54) is 16.3 Å². The Morgan fingerprint density at radius 3 is 2.45 bits per heavy atom. The van der Waals surface area contributed by atoms with Gasteiger partial charge in [0.15, 0.2) is 6.29 Å². The number of carbonyl (C=O) groups is 2. The average molecular weight is 676 g/mol. The summed E-state index contributed by atoms with van der Waals surface area (Å²) in [5.41, 5.74) is 3.88. The predicted molar refractivity (Wildman–Crippen MR) is 179 cm³/mol. The van der Waals surface area contributed by atoms with E-state index in [4.69, 9.17) is 9.47 Å². The number of amides is 2. The van der Waals surface area contributed by atoms with Gasteiger partial charge in [0.2, 0.25) is 5.91 Å². The van der Waals surface area contributed by atoms with E-state index < -0.39 is 30.3 Å². The van der Waals surface area contributed by atoms with Crippen molar-refractivity contribution in [3.05, 3.63) is 113 Å². The minimum absolute atomic E-state index is 0.0703. The van der Waals surface area contributed by atoms with Gasteiger partial charge in [-0.3, -0.25) is 14.5 Å². The Hall–Kier alpha value is -4.29. The van der Waals surface area contributed by atoms with Gasteiger partial charge in [0.25, 0.3) is 0 Å². The second-order valence-corrected chi connectivity index (χ2v) is 12.8. The molecule has 258 valence electrons. The van der Waals surface area contributed by atoms with Crippen LogP contribution in [0.2, 0.25) is 0 Å². The first kappa shape index (κ1) is 34.6. The molecule has 2 heterocycles. The second-order valence-electron chi connectivity index (χ2n) is 12.8. The molecule has 2 aliphatic rings. The van der Waals surface area contributed by atoms with Gasteiger partial charge in [0, 0.05) is 36.8 Å². The molecular weight excluding hydrogens is 635 g/mol. The highest BCUT2D eigenvalue weighted by Crippen LogP contribution is 2.39. The number of nitrogens with one attached hydrogen (secondary N) is 1. The molecule has 0 unspecified atom stereocenters. The molecule has 2 amide bonds. The van der Waals surface area contributed by atoms with Crippen LogP contribution in [0.3, 0.4) is 0 Å². The predicted octanol–water partition coefficient (Wildman–Crippen LogP) is 7.06. The van der Waals surface area contributed by atoms with Crippen molar-refractivity contribution in [3.63, 3.8) is 0 Å². The van der Waals surface area contributed by atoms with E-state index in [0.29, 0.717) is 35.5 Å². The van der Waals surface area contributed by atoms with Crippen LogP contribution in [0, 0.1) is 0 Å². The highest BCUT2D eigenvalue weighted by Gasteiger charge is 2.47. The maximum Gasteiger partial charge on any atom is 0.471 e. The number of aliphatic hydroxyl groups excluding tert-OH is 1. The molecule has 0 saturated carbocycles. The first-order chi connectivity index (χ1) is 23.5. The van der Waals surface area contributed by atoms with Crippen LogP contribution in [0.5, 0.6) is 0 Å². The maximum absolute atomic E-state index is 13.1. The number of likely N-dealkylation sites (N-methyl/N-ethyl adjacent to an activating group) is 1. The van der Waals surface area contributed by atoms with Crippen molar-refractivity contribution < 1.29 is 37.3 Å². The Bertz CT molecular complexity index is 1780.